The smallest absolute Gasteiger partial charge is 0.142 e. The van der Waals surface area contributed by atoms with Gasteiger partial charge in [-0.15, -0.1) is 0 Å². The molecule has 0 aromatic heterocycles. The topological polar surface area (TPSA) is 29.5 Å². The Morgan fingerprint density at radius 3 is 2.62 bits per heavy atom. The lowest BCUT2D eigenvalue weighted by Crippen LogP contribution is -1.98. The van der Waals surface area contributed by atoms with Crippen molar-refractivity contribution in [3.8, 4) is 17.6 Å². The van der Waals surface area contributed by atoms with Crippen LogP contribution in [0.25, 0.3) is 0 Å². The van der Waals surface area contributed by atoms with Crippen LogP contribution in [0.2, 0.25) is 0 Å². The third-order valence-corrected chi connectivity index (χ3v) is 3.17. The first-order valence-corrected chi connectivity index (χ1v) is 7.80. The molecule has 0 unspecified atom stereocenters. The van der Waals surface area contributed by atoms with Gasteiger partial charge in [0.05, 0.1) is 18.8 Å². The van der Waals surface area contributed by atoms with Gasteiger partial charge in [0, 0.05) is 12.5 Å². The Morgan fingerprint density at radius 2 is 1.90 bits per heavy atom. The molecule has 0 aliphatic heterocycles. The Labute approximate surface area is 127 Å². The Morgan fingerprint density at radius 1 is 1.14 bits per heavy atom. The summed E-state index contributed by atoms with van der Waals surface area (Å²) in [5, 5.41) is 8.63. The lowest BCUT2D eigenvalue weighted by molar-refractivity contribution is 0.303. The molecule has 0 amide bonds. The first-order chi connectivity index (χ1) is 10.3. The van der Waals surface area contributed by atoms with E-state index in [1.165, 1.54) is 31.7 Å². The van der Waals surface area contributed by atoms with Gasteiger partial charge >= 0.3 is 0 Å². The van der Waals surface area contributed by atoms with Crippen LogP contribution in [0.4, 0.5) is 4.39 Å². The fourth-order valence-electron chi connectivity index (χ4n) is 1.97. The van der Waals surface area contributed by atoms with Crippen molar-refractivity contribution in [1.29, 1.82) is 0 Å². The van der Waals surface area contributed by atoms with E-state index < -0.39 is 0 Å². The normalized spacial score (nSPS) is 10.0. The minimum atomic E-state index is -0.374. The van der Waals surface area contributed by atoms with Crippen LogP contribution < -0.4 is 4.74 Å². The highest BCUT2D eigenvalue weighted by atomic mass is 19.1. The van der Waals surface area contributed by atoms with E-state index >= 15 is 0 Å². The van der Waals surface area contributed by atoms with Crippen LogP contribution in [0.3, 0.4) is 0 Å². The van der Waals surface area contributed by atoms with Gasteiger partial charge in [0.2, 0.25) is 0 Å². The molecule has 1 aromatic rings. The van der Waals surface area contributed by atoms with Crippen LogP contribution >= 0.6 is 0 Å². The standard InChI is InChI=1S/C18H25FO2/c1-2-3-4-5-6-9-14-21-17-12-11-16(18(19)15-17)10-7-8-13-20/h11-12,15,20H,2-6,8-9,13-14H2,1H3. The SMILES string of the molecule is CCCCCCCCOc1ccc(C#CCCO)c(F)c1. The third-order valence-electron chi connectivity index (χ3n) is 3.17. The van der Waals surface area contributed by atoms with Gasteiger partial charge in [0.15, 0.2) is 0 Å². The number of hydrogen-bond donors (Lipinski definition) is 1. The zero-order valence-electron chi connectivity index (χ0n) is 12.8. The fraction of sp³-hybridized carbons (Fsp3) is 0.556. The highest BCUT2D eigenvalue weighted by Crippen LogP contribution is 2.16. The summed E-state index contributed by atoms with van der Waals surface area (Å²) in [6.07, 6.45) is 7.60. The summed E-state index contributed by atoms with van der Waals surface area (Å²) in [5.74, 6) is 5.58. The van der Waals surface area contributed by atoms with Gasteiger partial charge in [0.1, 0.15) is 11.6 Å². The van der Waals surface area contributed by atoms with Gasteiger partial charge < -0.3 is 9.84 Å². The van der Waals surface area contributed by atoms with Gasteiger partial charge in [-0.2, -0.15) is 0 Å². The second kappa shape index (κ2) is 11.2. The first-order valence-electron chi connectivity index (χ1n) is 7.80. The molecule has 0 atom stereocenters. The molecule has 0 saturated carbocycles. The van der Waals surface area contributed by atoms with Crippen molar-refractivity contribution in [3.63, 3.8) is 0 Å². The maximum Gasteiger partial charge on any atom is 0.142 e. The summed E-state index contributed by atoms with van der Waals surface area (Å²) >= 11 is 0. The molecule has 0 aliphatic carbocycles. The van der Waals surface area contributed by atoms with E-state index in [0.717, 1.165) is 12.8 Å². The van der Waals surface area contributed by atoms with Crippen LogP contribution in [0.5, 0.6) is 5.75 Å². The van der Waals surface area contributed by atoms with Crippen molar-refractivity contribution in [2.45, 2.75) is 51.9 Å². The number of ether oxygens (including phenoxy) is 1. The number of halogens is 1. The molecule has 21 heavy (non-hydrogen) atoms. The second-order valence-corrected chi connectivity index (χ2v) is 5.03. The molecule has 116 valence electrons. The first kappa shape index (κ1) is 17.5. The Kier molecular flexibility index (Phi) is 9.32. The molecular formula is C18H25FO2. The Bertz CT molecular complexity index is 460. The molecule has 1 N–H and O–H groups in total. The second-order valence-electron chi connectivity index (χ2n) is 5.03. The summed E-state index contributed by atoms with van der Waals surface area (Å²) in [4.78, 5) is 0. The number of aliphatic hydroxyl groups is 1. The van der Waals surface area contributed by atoms with E-state index in [1.54, 1.807) is 12.1 Å². The predicted octanol–water partition coefficient (Wildman–Crippen LogP) is 4.30. The van der Waals surface area contributed by atoms with Gasteiger partial charge in [-0.1, -0.05) is 50.9 Å². The minimum Gasteiger partial charge on any atom is -0.493 e. The van der Waals surface area contributed by atoms with Gasteiger partial charge in [-0.05, 0) is 18.6 Å². The molecule has 1 rings (SSSR count). The zero-order valence-corrected chi connectivity index (χ0v) is 12.8. The molecule has 0 radical (unpaired) electrons. The summed E-state index contributed by atoms with van der Waals surface area (Å²) in [5.41, 5.74) is 0.343. The lowest BCUT2D eigenvalue weighted by Gasteiger charge is -2.06. The number of unbranched alkanes of at least 4 members (excludes halogenated alkanes) is 5. The summed E-state index contributed by atoms with van der Waals surface area (Å²) < 4.78 is 19.3. The Hall–Kier alpha value is -1.53. The van der Waals surface area contributed by atoms with Crippen LogP contribution in [0, 0.1) is 17.7 Å². The van der Waals surface area contributed by atoms with Gasteiger partial charge in [-0.3, -0.25) is 0 Å². The van der Waals surface area contributed by atoms with Gasteiger partial charge in [-0.25, -0.2) is 4.39 Å². The van der Waals surface area contributed by atoms with Crippen molar-refractivity contribution in [1.82, 2.24) is 0 Å². The van der Waals surface area contributed by atoms with E-state index in [-0.39, 0.29) is 12.4 Å². The molecule has 0 bridgehead atoms. The molecule has 0 heterocycles. The minimum absolute atomic E-state index is 0.00588. The van der Waals surface area contributed by atoms with Crippen molar-refractivity contribution < 1.29 is 14.2 Å². The lowest BCUT2D eigenvalue weighted by atomic mass is 10.1. The van der Waals surface area contributed by atoms with E-state index in [0.29, 0.717) is 24.3 Å². The van der Waals surface area contributed by atoms with Gasteiger partial charge in [0.25, 0.3) is 0 Å². The molecule has 0 fully saturated rings. The predicted molar refractivity (Wildman–Crippen MR) is 83.9 cm³/mol. The van der Waals surface area contributed by atoms with Crippen LogP contribution in [0.1, 0.15) is 57.4 Å². The number of hydrogen-bond acceptors (Lipinski definition) is 2. The van der Waals surface area contributed by atoms with Crippen molar-refractivity contribution in [2.24, 2.45) is 0 Å². The molecule has 0 aliphatic rings. The average molecular weight is 292 g/mol. The molecule has 0 spiro atoms. The fourth-order valence-corrected chi connectivity index (χ4v) is 1.97. The van der Waals surface area contributed by atoms with Crippen molar-refractivity contribution in [3.05, 3.63) is 29.6 Å². The van der Waals surface area contributed by atoms with E-state index in [1.807, 2.05) is 0 Å². The summed E-state index contributed by atoms with van der Waals surface area (Å²) in [6.45, 7) is 2.82. The molecule has 1 aromatic carbocycles. The molecular weight excluding hydrogens is 267 g/mol. The summed E-state index contributed by atoms with van der Waals surface area (Å²) in [7, 11) is 0. The van der Waals surface area contributed by atoms with Crippen LogP contribution in [-0.2, 0) is 0 Å². The van der Waals surface area contributed by atoms with Crippen molar-refractivity contribution in [2.75, 3.05) is 13.2 Å². The highest BCUT2D eigenvalue weighted by Gasteiger charge is 2.02. The van der Waals surface area contributed by atoms with Crippen molar-refractivity contribution >= 4 is 0 Å². The van der Waals surface area contributed by atoms with E-state index in [2.05, 4.69) is 18.8 Å². The largest absolute Gasteiger partial charge is 0.493 e. The number of benzene rings is 1. The average Bonchev–Trinajstić information content (AvgIpc) is 2.48. The molecule has 3 heteroatoms. The quantitative estimate of drug-likeness (QED) is 0.543. The highest BCUT2D eigenvalue weighted by molar-refractivity contribution is 5.39. The maximum atomic E-state index is 13.7. The number of aliphatic hydroxyl groups excluding tert-OH is 1. The third kappa shape index (κ3) is 7.72. The maximum absolute atomic E-state index is 13.7. The molecule has 0 saturated heterocycles. The number of rotatable bonds is 9. The van der Waals surface area contributed by atoms with E-state index in [4.69, 9.17) is 9.84 Å². The monoisotopic (exact) mass is 292 g/mol. The molecule has 2 nitrogen and oxygen atoms in total. The van der Waals surface area contributed by atoms with E-state index in [9.17, 15) is 4.39 Å². The van der Waals surface area contributed by atoms with Crippen LogP contribution in [-0.4, -0.2) is 18.3 Å². The summed E-state index contributed by atoms with van der Waals surface area (Å²) in [6, 6.07) is 4.74. The Balaban J connectivity index is 2.30. The zero-order chi connectivity index (χ0) is 15.3. The van der Waals surface area contributed by atoms with Crippen LogP contribution in [0.15, 0.2) is 18.2 Å².